The van der Waals surface area contributed by atoms with E-state index in [1.807, 2.05) is 0 Å². The van der Waals surface area contributed by atoms with Crippen LogP contribution >= 0.6 is 0 Å². The van der Waals surface area contributed by atoms with Crippen molar-refractivity contribution < 1.29 is 142 Å². The summed E-state index contributed by atoms with van der Waals surface area (Å²) in [6, 6.07) is 16.9. The van der Waals surface area contributed by atoms with Crippen molar-refractivity contribution in [3.05, 3.63) is 113 Å². The summed E-state index contributed by atoms with van der Waals surface area (Å²) in [4.78, 5) is 21.9. The minimum absolute atomic E-state index is 0. The number of anilines is 3. The molecular weight excluding hydrogens is 890 g/mol. The molecule has 0 unspecified atom stereocenters. The molecule has 0 aliphatic heterocycles. The number of ketones is 2. The minimum atomic E-state index is -5.57. The molecule has 0 bridgehead atoms. The van der Waals surface area contributed by atoms with E-state index >= 15 is 0 Å². The third-order valence-electron chi connectivity index (χ3n) is 8.24. The fourth-order valence-electron chi connectivity index (χ4n) is 5.46. The van der Waals surface area contributed by atoms with Crippen LogP contribution in [0.15, 0.2) is 132 Å². The van der Waals surface area contributed by atoms with Crippen molar-refractivity contribution in [1.82, 2.24) is 0 Å². The molecule has 0 atom stereocenters. The summed E-state index contributed by atoms with van der Waals surface area (Å²) in [6.45, 7) is 0. The Morgan fingerprint density at radius 1 is 0.672 bits per heavy atom. The Morgan fingerprint density at radius 2 is 1.28 bits per heavy atom. The first-order valence-electron chi connectivity index (χ1n) is 16.0. The number of methoxy groups -OCH3 is 1. The molecule has 0 spiro atoms. The summed E-state index contributed by atoms with van der Waals surface area (Å²) in [5.41, 5.74) is 15.3. The number of nitrogen functional groups attached to an aromatic ring is 1. The van der Waals surface area contributed by atoms with Crippen LogP contribution in [-0.4, -0.2) is 69.0 Å². The molecule has 26 heteroatoms. The number of hydrazone groups is 2. The van der Waals surface area contributed by atoms with E-state index in [1.165, 1.54) is 43.5 Å². The zero-order valence-electron chi connectivity index (χ0n) is 32.3. The van der Waals surface area contributed by atoms with Gasteiger partial charge in [-0.25, -0.2) is 25.3 Å². The van der Waals surface area contributed by atoms with Crippen LogP contribution in [0.2, 0.25) is 0 Å². The molecule has 0 fully saturated rings. The van der Waals surface area contributed by atoms with Gasteiger partial charge in [-0.1, -0.05) is 24.3 Å². The Hall–Kier alpha value is -3.89. The second-order valence-corrected chi connectivity index (χ2v) is 16.0. The Kier molecular flexibility index (Phi) is 17.3. The largest absolute Gasteiger partial charge is 1.00 e. The number of benzene rings is 4. The number of fused-ring (bicyclic) bond motifs is 1. The fourth-order valence-corrected chi connectivity index (χ4v) is 7.40. The van der Waals surface area contributed by atoms with Crippen LogP contribution in [0, 0.1) is 0 Å². The number of rotatable bonds is 11. The Bertz CT molecular complexity index is 2960. The third-order valence-corrected chi connectivity index (χ3v) is 10.8. The van der Waals surface area contributed by atoms with Crippen molar-refractivity contribution in [3.8, 4) is 16.9 Å². The van der Waals surface area contributed by atoms with Crippen molar-refractivity contribution >= 4 is 87.9 Å². The normalized spacial score (nSPS) is 15.2. The van der Waals surface area contributed by atoms with E-state index in [-0.39, 0.29) is 112 Å². The molecular formula is C35H25N8Na3O12S3. The maximum Gasteiger partial charge on any atom is 1.00 e. The molecule has 0 saturated carbocycles. The summed E-state index contributed by atoms with van der Waals surface area (Å²) < 4.78 is 115. The zero-order valence-corrected chi connectivity index (χ0v) is 40.8. The molecule has 61 heavy (non-hydrogen) atoms. The van der Waals surface area contributed by atoms with Gasteiger partial charge >= 0.3 is 88.7 Å². The molecule has 2 aliphatic rings. The molecule has 0 amide bonds. The fraction of sp³-hybridized carbons (Fsp3) is 0.0286. The standard InChI is InChI=1S/C35H28N8O12S3.3Na/c1-55-24-11-13-27(28(17-24)56(46,47)48)41-43-34-30(58(52,53)54)15-20-14-29(57(49,50)51)33(32(37)31(20)35(34)45)42-39-22-8-4-19(5-9-22)18-2-6-21(7-3-18)38-40-26-12-10-23(44)16-25(26)36;;;/h2-17,38,41H,36-37H2,1H3,(H,46,47,48)(H,49,50,51)(H,52,53,54);;;/q;3*+1/p-3. The van der Waals surface area contributed by atoms with Gasteiger partial charge < -0.3 is 29.9 Å². The van der Waals surface area contributed by atoms with E-state index in [1.54, 1.807) is 36.4 Å². The van der Waals surface area contributed by atoms with Crippen molar-refractivity contribution in [2.24, 2.45) is 26.2 Å². The summed E-state index contributed by atoms with van der Waals surface area (Å²) in [6.07, 6.45) is 4.62. The maximum atomic E-state index is 13.8. The quantitative estimate of drug-likeness (QED) is 0.0272. The summed E-state index contributed by atoms with van der Waals surface area (Å²) in [5, 5.41) is 15.6. The van der Waals surface area contributed by atoms with Gasteiger partial charge in [0.2, 0.25) is 5.78 Å². The second kappa shape index (κ2) is 20.5. The van der Waals surface area contributed by atoms with Crippen LogP contribution in [0.3, 0.4) is 0 Å². The van der Waals surface area contributed by atoms with Gasteiger partial charge in [0.05, 0.1) is 55.8 Å². The smallest absolute Gasteiger partial charge is 0.744 e. The average molecular weight is 915 g/mol. The number of hydrogen-bond donors (Lipinski definition) is 4. The molecule has 0 saturated heterocycles. The molecule has 0 aromatic heterocycles. The SMILES string of the molecule is COc1ccc(NN=C2C(=O)c3c(cc(S(=O)(=O)[O-])c(N=Nc4ccc(-c5ccc(NN=C6C=CC(=O)C=C6N)cc5)cc4)c3N)C=C2S(=O)(=O)[O-])c(S(=O)(=O)[O-])c1.[Na+].[Na+].[Na+]. The number of nitrogens with two attached hydrogens (primary N) is 2. The van der Waals surface area contributed by atoms with Gasteiger partial charge in [0.25, 0.3) is 0 Å². The summed E-state index contributed by atoms with van der Waals surface area (Å²) in [7, 11) is -15.0. The van der Waals surface area contributed by atoms with E-state index in [0.717, 1.165) is 17.7 Å². The number of carbonyl (C=O) groups is 2. The van der Waals surface area contributed by atoms with E-state index in [4.69, 9.17) is 16.2 Å². The molecule has 0 radical (unpaired) electrons. The molecule has 298 valence electrons. The molecule has 2 aliphatic carbocycles. The topological polar surface area (TPSA) is 341 Å². The van der Waals surface area contributed by atoms with Gasteiger partial charge in [0.15, 0.2) is 5.78 Å². The Balaban J connectivity index is 0.00000331. The number of nitrogens with one attached hydrogen (secondary N) is 2. The van der Waals surface area contributed by atoms with Gasteiger partial charge in [-0.05, 0) is 83.4 Å². The monoisotopic (exact) mass is 914 g/mol. The third kappa shape index (κ3) is 12.0. The van der Waals surface area contributed by atoms with Gasteiger partial charge in [-0.3, -0.25) is 20.4 Å². The number of azo groups is 1. The predicted octanol–water partition coefficient (Wildman–Crippen LogP) is -5.52. The molecule has 20 nitrogen and oxygen atoms in total. The first kappa shape index (κ1) is 51.5. The van der Waals surface area contributed by atoms with Crippen molar-refractivity contribution in [2.45, 2.75) is 9.79 Å². The number of ether oxygens (including phenoxy) is 1. The Morgan fingerprint density at radius 3 is 1.84 bits per heavy atom. The molecule has 4 aromatic rings. The maximum absolute atomic E-state index is 13.8. The van der Waals surface area contributed by atoms with Crippen molar-refractivity contribution in [2.75, 3.05) is 23.7 Å². The van der Waals surface area contributed by atoms with E-state index in [2.05, 4.69) is 31.3 Å². The van der Waals surface area contributed by atoms with Crippen molar-refractivity contribution in [1.29, 1.82) is 0 Å². The van der Waals surface area contributed by atoms with E-state index < -0.39 is 84.7 Å². The molecule has 4 aromatic carbocycles. The second-order valence-electron chi connectivity index (χ2n) is 12.0. The predicted molar refractivity (Wildman–Crippen MR) is 206 cm³/mol. The summed E-state index contributed by atoms with van der Waals surface area (Å²) in [5.74, 6) is -1.69. The van der Waals surface area contributed by atoms with Gasteiger partial charge in [-0.2, -0.15) is 15.3 Å². The minimum Gasteiger partial charge on any atom is -0.744 e. The zero-order chi connectivity index (χ0) is 42.2. The van der Waals surface area contributed by atoms with Crippen LogP contribution in [-0.2, 0) is 35.1 Å². The first-order valence-corrected chi connectivity index (χ1v) is 20.3. The number of Topliss-reactive ketones (excluding diaryl/α,β-unsaturated/α-hetero) is 1. The van der Waals surface area contributed by atoms with Gasteiger partial charge in [-0.15, -0.1) is 5.11 Å². The molecule has 0 heterocycles. The average Bonchev–Trinajstić information content (AvgIpc) is 3.15. The van der Waals surface area contributed by atoms with Crippen LogP contribution in [0.25, 0.3) is 17.2 Å². The van der Waals surface area contributed by atoms with Crippen LogP contribution in [0.1, 0.15) is 15.9 Å². The van der Waals surface area contributed by atoms with Crippen LogP contribution in [0.4, 0.5) is 28.4 Å². The van der Waals surface area contributed by atoms with E-state index in [9.17, 15) is 48.5 Å². The Labute approximate surface area is 414 Å². The summed E-state index contributed by atoms with van der Waals surface area (Å²) >= 11 is 0. The molecule has 6 rings (SSSR count). The number of nitrogens with zero attached hydrogens (tertiary/aromatic N) is 4. The van der Waals surface area contributed by atoms with Gasteiger partial charge in [0.1, 0.15) is 53.2 Å². The number of carbonyl (C=O) groups excluding carboxylic acids is 2. The number of hydrogen-bond acceptors (Lipinski definition) is 20. The molecule has 6 N–H and O–H groups in total. The van der Waals surface area contributed by atoms with Gasteiger partial charge in [0, 0.05) is 6.08 Å². The van der Waals surface area contributed by atoms with Crippen LogP contribution in [0.5, 0.6) is 5.75 Å². The van der Waals surface area contributed by atoms with Crippen molar-refractivity contribution in [3.63, 3.8) is 0 Å². The number of allylic oxidation sites excluding steroid dienone is 4. The van der Waals surface area contributed by atoms with E-state index in [0.29, 0.717) is 29.1 Å². The first-order chi connectivity index (χ1) is 27.2. The van der Waals surface area contributed by atoms with Crippen LogP contribution < -0.4 is 116 Å².